The quantitative estimate of drug-likeness (QED) is 0.891. The molecule has 1 heterocycles. The summed E-state index contributed by atoms with van der Waals surface area (Å²) in [6.45, 7) is 1.87. The van der Waals surface area contributed by atoms with E-state index in [9.17, 15) is 4.79 Å². The van der Waals surface area contributed by atoms with Gasteiger partial charge in [0.15, 0.2) is 0 Å². The van der Waals surface area contributed by atoms with Crippen LogP contribution in [0.15, 0.2) is 24.3 Å². The fourth-order valence-corrected chi connectivity index (χ4v) is 3.70. The van der Waals surface area contributed by atoms with E-state index in [1.165, 1.54) is 11.1 Å². The number of benzene rings is 1. The van der Waals surface area contributed by atoms with Gasteiger partial charge >= 0.3 is 0 Å². The van der Waals surface area contributed by atoms with Crippen LogP contribution in [0.1, 0.15) is 36.8 Å². The van der Waals surface area contributed by atoms with Crippen molar-refractivity contribution in [1.82, 2.24) is 5.32 Å². The van der Waals surface area contributed by atoms with Gasteiger partial charge in [-0.3, -0.25) is 4.79 Å². The van der Waals surface area contributed by atoms with E-state index in [0.29, 0.717) is 32.1 Å². The third kappa shape index (κ3) is 3.50. The van der Waals surface area contributed by atoms with Crippen LogP contribution in [0, 0.1) is 5.92 Å². The molecule has 1 atom stereocenters. The summed E-state index contributed by atoms with van der Waals surface area (Å²) in [6.07, 6.45) is 5.46. The lowest BCUT2D eigenvalue weighted by atomic mass is 9.81. The SMILES string of the molecule is NCC1(NC(=O)CC2CCc3ccccc3C2)CCOCC1. The summed E-state index contributed by atoms with van der Waals surface area (Å²) in [5.74, 6) is 0.598. The summed E-state index contributed by atoms with van der Waals surface area (Å²) in [4.78, 5) is 12.4. The summed E-state index contributed by atoms with van der Waals surface area (Å²) in [5, 5.41) is 3.21. The largest absolute Gasteiger partial charge is 0.381 e. The van der Waals surface area contributed by atoms with Crippen LogP contribution >= 0.6 is 0 Å². The van der Waals surface area contributed by atoms with Crippen molar-refractivity contribution in [2.45, 2.75) is 44.1 Å². The molecule has 1 aliphatic heterocycles. The molecule has 0 saturated carbocycles. The van der Waals surface area contributed by atoms with E-state index in [1.807, 2.05) is 0 Å². The van der Waals surface area contributed by atoms with Crippen LogP contribution in [0.5, 0.6) is 0 Å². The monoisotopic (exact) mass is 302 g/mol. The average molecular weight is 302 g/mol. The average Bonchev–Trinajstić information content (AvgIpc) is 2.55. The van der Waals surface area contributed by atoms with E-state index in [2.05, 4.69) is 29.6 Å². The Morgan fingerprint density at radius 1 is 1.27 bits per heavy atom. The van der Waals surface area contributed by atoms with Crippen LogP contribution in [0.2, 0.25) is 0 Å². The molecule has 1 aliphatic carbocycles. The van der Waals surface area contributed by atoms with Gasteiger partial charge in [-0.2, -0.15) is 0 Å². The number of amides is 1. The molecule has 1 aromatic rings. The van der Waals surface area contributed by atoms with Crippen molar-refractivity contribution in [2.75, 3.05) is 19.8 Å². The van der Waals surface area contributed by atoms with Crippen LogP contribution in [-0.4, -0.2) is 31.2 Å². The summed E-state index contributed by atoms with van der Waals surface area (Å²) in [5.41, 5.74) is 8.52. The molecular weight excluding hydrogens is 276 g/mol. The van der Waals surface area contributed by atoms with Crippen LogP contribution in [0.4, 0.5) is 0 Å². The van der Waals surface area contributed by atoms with Gasteiger partial charge in [-0.05, 0) is 49.1 Å². The number of carbonyl (C=O) groups excluding carboxylic acids is 1. The lowest BCUT2D eigenvalue weighted by Gasteiger charge is -2.37. The van der Waals surface area contributed by atoms with Gasteiger partial charge < -0.3 is 15.8 Å². The predicted octanol–water partition coefficient (Wildman–Crippen LogP) is 1.81. The molecular formula is C18H26N2O2. The molecule has 0 aromatic heterocycles. The molecule has 3 rings (SSSR count). The zero-order valence-electron chi connectivity index (χ0n) is 13.1. The van der Waals surface area contributed by atoms with Crippen LogP contribution in [0.25, 0.3) is 0 Å². The van der Waals surface area contributed by atoms with Gasteiger partial charge in [0.25, 0.3) is 0 Å². The molecule has 3 N–H and O–H groups in total. The van der Waals surface area contributed by atoms with Gasteiger partial charge in [0.1, 0.15) is 0 Å². The Balaban J connectivity index is 1.56. The molecule has 0 bridgehead atoms. The maximum Gasteiger partial charge on any atom is 0.220 e. The molecule has 4 heteroatoms. The molecule has 22 heavy (non-hydrogen) atoms. The Bertz CT molecular complexity index is 524. The first kappa shape index (κ1) is 15.5. The van der Waals surface area contributed by atoms with Crippen molar-refractivity contribution in [3.8, 4) is 0 Å². The molecule has 2 aliphatic rings. The van der Waals surface area contributed by atoms with Crippen LogP contribution in [-0.2, 0) is 22.4 Å². The normalized spacial score (nSPS) is 23.6. The highest BCUT2D eigenvalue weighted by molar-refractivity contribution is 5.77. The number of rotatable bonds is 4. The van der Waals surface area contributed by atoms with E-state index in [0.717, 1.165) is 32.1 Å². The first-order chi connectivity index (χ1) is 10.7. The number of hydrogen-bond acceptors (Lipinski definition) is 3. The minimum absolute atomic E-state index is 0.150. The van der Waals surface area contributed by atoms with Crippen molar-refractivity contribution in [3.63, 3.8) is 0 Å². The van der Waals surface area contributed by atoms with Crippen molar-refractivity contribution in [3.05, 3.63) is 35.4 Å². The summed E-state index contributed by atoms with van der Waals surface area (Å²) in [6, 6.07) is 8.59. The van der Waals surface area contributed by atoms with Crippen LogP contribution < -0.4 is 11.1 Å². The number of fused-ring (bicyclic) bond motifs is 1. The van der Waals surface area contributed by atoms with Crippen molar-refractivity contribution in [2.24, 2.45) is 11.7 Å². The molecule has 0 spiro atoms. The van der Waals surface area contributed by atoms with E-state index >= 15 is 0 Å². The lowest BCUT2D eigenvalue weighted by Crippen LogP contribution is -2.56. The Labute approximate surface area is 132 Å². The Morgan fingerprint density at radius 3 is 2.73 bits per heavy atom. The highest BCUT2D eigenvalue weighted by Crippen LogP contribution is 2.28. The van der Waals surface area contributed by atoms with Crippen molar-refractivity contribution >= 4 is 5.91 Å². The number of hydrogen-bond donors (Lipinski definition) is 2. The number of nitrogens with two attached hydrogens (primary N) is 1. The molecule has 1 aromatic carbocycles. The van der Waals surface area contributed by atoms with E-state index < -0.39 is 0 Å². The topological polar surface area (TPSA) is 64.3 Å². The maximum atomic E-state index is 12.4. The fraction of sp³-hybridized carbons (Fsp3) is 0.611. The first-order valence-electron chi connectivity index (χ1n) is 8.36. The van der Waals surface area contributed by atoms with Gasteiger partial charge in [0.05, 0.1) is 5.54 Å². The number of carbonyl (C=O) groups is 1. The minimum atomic E-state index is -0.248. The van der Waals surface area contributed by atoms with Gasteiger partial charge in [-0.1, -0.05) is 24.3 Å². The zero-order chi connectivity index (χ0) is 15.4. The number of nitrogens with one attached hydrogen (secondary N) is 1. The minimum Gasteiger partial charge on any atom is -0.381 e. The highest BCUT2D eigenvalue weighted by Gasteiger charge is 2.33. The summed E-state index contributed by atoms with van der Waals surface area (Å²) >= 11 is 0. The third-order valence-electron chi connectivity index (χ3n) is 5.17. The Hall–Kier alpha value is -1.39. The summed E-state index contributed by atoms with van der Waals surface area (Å²) < 4.78 is 5.39. The molecule has 4 nitrogen and oxygen atoms in total. The van der Waals surface area contributed by atoms with Crippen molar-refractivity contribution < 1.29 is 9.53 Å². The van der Waals surface area contributed by atoms with E-state index in [1.54, 1.807) is 0 Å². The second-order valence-electron chi connectivity index (χ2n) is 6.73. The van der Waals surface area contributed by atoms with Gasteiger partial charge in [-0.25, -0.2) is 0 Å². The standard InChI is InChI=1S/C18H26N2O2/c19-13-18(7-9-22-10-8-18)20-17(21)12-14-5-6-15-3-1-2-4-16(15)11-14/h1-4,14H,5-13,19H2,(H,20,21). The predicted molar refractivity (Wildman–Crippen MR) is 86.6 cm³/mol. The molecule has 1 fully saturated rings. The third-order valence-corrected chi connectivity index (χ3v) is 5.17. The highest BCUT2D eigenvalue weighted by atomic mass is 16.5. The second kappa shape index (κ2) is 6.80. The van der Waals surface area contributed by atoms with Gasteiger partial charge in [-0.15, -0.1) is 0 Å². The molecule has 120 valence electrons. The number of ether oxygens (including phenoxy) is 1. The van der Waals surface area contributed by atoms with Crippen LogP contribution in [0.3, 0.4) is 0 Å². The molecule has 1 amide bonds. The molecule has 1 unspecified atom stereocenters. The smallest absolute Gasteiger partial charge is 0.220 e. The molecule has 0 radical (unpaired) electrons. The maximum absolute atomic E-state index is 12.4. The van der Waals surface area contributed by atoms with Gasteiger partial charge in [0.2, 0.25) is 5.91 Å². The van der Waals surface area contributed by atoms with Gasteiger partial charge in [0, 0.05) is 26.2 Å². The van der Waals surface area contributed by atoms with E-state index in [-0.39, 0.29) is 11.4 Å². The van der Waals surface area contributed by atoms with Crippen molar-refractivity contribution in [1.29, 1.82) is 0 Å². The lowest BCUT2D eigenvalue weighted by molar-refractivity contribution is -0.125. The second-order valence-corrected chi connectivity index (χ2v) is 6.73. The zero-order valence-corrected chi connectivity index (χ0v) is 13.1. The van der Waals surface area contributed by atoms with E-state index in [4.69, 9.17) is 10.5 Å². The Kier molecular flexibility index (Phi) is 4.79. The number of aryl methyl sites for hydroxylation is 1. The fourth-order valence-electron chi connectivity index (χ4n) is 3.70. The Morgan fingerprint density at radius 2 is 2.00 bits per heavy atom. The molecule has 1 saturated heterocycles. The first-order valence-corrected chi connectivity index (χ1v) is 8.36. The summed E-state index contributed by atoms with van der Waals surface area (Å²) in [7, 11) is 0.